The molecule has 0 aromatic heterocycles. The average molecular weight is 257 g/mol. The van der Waals surface area contributed by atoms with Crippen LogP contribution in [0.5, 0.6) is 0 Å². The second-order valence-corrected chi connectivity index (χ2v) is 5.69. The average Bonchev–Trinajstić information content (AvgIpc) is 2.20. The SMILES string of the molecule is COC(=O)C(C)(C)CC=NCC(=O)OC(C)(C)C. The second kappa shape index (κ2) is 6.52. The lowest BCUT2D eigenvalue weighted by atomic mass is 9.90. The Bertz CT molecular complexity index is 326. The molecule has 0 amide bonds. The zero-order valence-corrected chi connectivity index (χ0v) is 12.1. The number of esters is 2. The third kappa shape index (κ3) is 7.04. The minimum Gasteiger partial charge on any atom is -0.469 e. The fourth-order valence-corrected chi connectivity index (χ4v) is 1.17. The highest BCUT2D eigenvalue weighted by Crippen LogP contribution is 2.20. The fourth-order valence-electron chi connectivity index (χ4n) is 1.17. The van der Waals surface area contributed by atoms with Gasteiger partial charge in [-0.3, -0.25) is 14.6 Å². The normalized spacial score (nSPS) is 12.6. The standard InChI is InChI=1S/C13H23NO4/c1-12(2,3)18-10(15)9-14-8-7-13(4,5)11(16)17-6/h8H,7,9H2,1-6H3. The van der Waals surface area contributed by atoms with Crippen LogP contribution in [0.3, 0.4) is 0 Å². The van der Waals surface area contributed by atoms with Crippen LogP contribution in [0, 0.1) is 5.41 Å². The molecule has 0 rings (SSSR count). The Kier molecular flexibility index (Phi) is 6.01. The molecule has 0 saturated heterocycles. The smallest absolute Gasteiger partial charge is 0.328 e. The molecule has 0 N–H and O–H groups in total. The zero-order valence-electron chi connectivity index (χ0n) is 12.1. The van der Waals surface area contributed by atoms with Crippen LogP contribution in [0.2, 0.25) is 0 Å². The van der Waals surface area contributed by atoms with Crippen LogP contribution in [-0.4, -0.2) is 37.4 Å². The van der Waals surface area contributed by atoms with Crippen LogP contribution in [0.1, 0.15) is 41.0 Å². The van der Waals surface area contributed by atoms with Gasteiger partial charge in [-0.2, -0.15) is 0 Å². The Morgan fingerprint density at radius 2 is 1.72 bits per heavy atom. The Hall–Kier alpha value is -1.39. The number of rotatable bonds is 5. The Morgan fingerprint density at radius 3 is 2.17 bits per heavy atom. The van der Waals surface area contributed by atoms with Gasteiger partial charge in [0, 0.05) is 6.21 Å². The van der Waals surface area contributed by atoms with Crippen molar-refractivity contribution in [1.29, 1.82) is 0 Å². The van der Waals surface area contributed by atoms with E-state index in [2.05, 4.69) is 9.73 Å². The summed E-state index contributed by atoms with van der Waals surface area (Å²) < 4.78 is 9.76. The molecule has 104 valence electrons. The predicted molar refractivity (Wildman–Crippen MR) is 69.6 cm³/mol. The lowest BCUT2D eigenvalue weighted by molar-refractivity contribution is -0.153. The number of hydrogen-bond acceptors (Lipinski definition) is 5. The van der Waals surface area contributed by atoms with Crippen molar-refractivity contribution >= 4 is 18.2 Å². The van der Waals surface area contributed by atoms with Gasteiger partial charge in [-0.15, -0.1) is 0 Å². The minimum absolute atomic E-state index is 0.0332. The molecule has 0 unspecified atom stereocenters. The van der Waals surface area contributed by atoms with Crippen molar-refractivity contribution < 1.29 is 19.1 Å². The summed E-state index contributed by atoms with van der Waals surface area (Å²) >= 11 is 0. The summed E-state index contributed by atoms with van der Waals surface area (Å²) in [6.07, 6.45) is 1.98. The molecule has 0 aliphatic carbocycles. The maximum Gasteiger partial charge on any atom is 0.328 e. The molecule has 18 heavy (non-hydrogen) atoms. The third-order valence-electron chi connectivity index (χ3n) is 2.11. The molecule has 0 heterocycles. The van der Waals surface area contributed by atoms with Crippen LogP contribution in [-0.2, 0) is 19.1 Å². The van der Waals surface area contributed by atoms with Crippen LogP contribution in [0.25, 0.3) is 0 Å². The van der Waals surface area contributed by atoms with Gasteiger partial charge >= 0.3 is 11.9 Å². The van der Waals surface area contributed by atoms with Crippen molar-refractivity contribution in [2.75, 3.05) is 13.7 Å². The van der Waals surface area contributed by atoms with Gasteiger partial charge in [0.25, 0.3) is 0 Å². The van der Waals surface area contributed by atoms with E-state index in [1.54, 1.807) is 40.8 Å². The van der Waals surface area contributed by atoms with E-state index in [-0.39, 0.29) is 18.5 Å². The molecule has 0 bridgehead atoms. The van der Waals surface area contributed by atoms with Crippen molar-refractivity contribution in [3.05, 3.63) is 0 Å². The maximum atomic E-state index is 11.4. The summed E-state index contributed by atoms with van der Waals surface area (Å²) in [7, 11) is 1.35. The number of hydrogen-bond donors (Lipinski definition) is 0. The van der Waals surface area contributed by atoms with Gasteiger partial charge in [0.15, 0.2) is 0 Å². The van der Waals surface area contributed by atoms with Gasteiger partial charge in [-0.1, -0.05) is 0 Å². The van der Waals surface area contributed by atoms with Gasteiger partial charge < -0.3 is 9.47 Å². The van der Waals surface area contributed by atoms with Gasteiger partial charge in [0.05, 0.1) is 12.5 Å². The monoisotopic (exact) mass is 257 g/mol. The van der Waals surface area contributed by atoms with Crippen LogP contribution < -0.4 is 0 Å². The number of methoxy groups -OCH3 is 1. The Labute approximate surface area is 109 Å². The molecule has 0 aromatic carbocycles. The summed E-state index contributed by atoms with van der Waals surface area (Å²) in [5.74, 6) is -0.680. The number of aliphatic imine (C=N–C) groups is 1. The molecule has 0 saturated carbocycles. The maximum absolute atomic E-state index is 11.4. The largest absolute Gasteiger partial charge is 0.469 e. The highest BCUT2D eigenvalue weighted by molar-refractivity contribution is 5.80. The topological polar surface area (TPSA) is 65.0 Å². The molecule has 5 nitrogen and oxygen atoms in total. The van der Waals surface area contributed by atoms with E-state index in [9.17, 15) is 9.59 Å². The summed E-state index contributed by atoms with van der Waals surface area (Å²) in [4.78, 5) is 26.7. The first-order valence-corrected chi connectivity index (χ1v) is 5.87. The minimum atomic E-state index is -0.633. The fraction of sp³-hybridized carbons (Fsp3) is 0.769. The molecule has 0 spiro atoms. The third-order valence-corrected chi connectivity index (χ3v) is 2.11. The van der Waals surface area contributed by atoms with Crippen LogP contribution in [0.15, 0.2) is 4.99 Å². The van der Waals surface area contributed by atoms with E-state index >= 15 is 0 Å². The van der Waals surface area contributed by atoms with Crippen LogP contribution in [0.4, 0.5) is 0 Å². The van der Waals surface area contributed by atoms with Crippen LogP contribution >= 0.6 is 0 Å². The zero-order chi connectivity index (χ0) is 14.4. The summed E-state index contributed by atoms with van der Waals surface area (Å²) in [5, 5.41) is 0. The molecule has 0 atom stereocenters. The highest BCUT2D eigenvalue weighted by Gasteiger charge is 2.27. The van der Waals surface area contributed by atoms with E-state index < -0.39 is 11.0 Å². The Balaban J connectivity index is 4.13. The molecule has 0 aliphatic rings. The predicted octanol–water partition coefficient (Wildman–Crippen LogP) is 1.99. The van der Waals surface area contributed by atoms with Gasteiger partial charge in [-0.25, -0.2) is 0 Å². The van der Waals surface area contributed by atoms with E-state index in [4.69, 9.17) is 4.74 Å². The van der Waals surface area contributed by atoms with Gasteiger partial charge in [0.2, 0.25) is 0 Å². The summed E-state index contributed by atoms with van der Waals surface area (Å²) in [6, 6.07) is 0. The van der Waals surface area contributed by atoms with Crippen molar-refractivity contribution in [2.24, 2.45) is 10.4 Å². The second-order valence-electron chi connectivity index (χ2n) is 5.69. The van der Waals surface area contributed by atoms with Gasteiger partial charge in [-0.05, 0) is 41.0 Å². The van der Waals surface area contributed by atoms with Crippen molar-refractivity contribution in [2.45, 2.75) is 46.6 Å². The first kappa shape index (κ1) is 16.6. The van der Waals surface area contributed by atoms with E-state index in [0.717, 1.165) is 0 Å². The lowest BCUT2D eigenvalue weighted by Gasteiger charge is -2.19. The summed E-state index contributed by atoms with van der Waals surface area (Å²) in [6.45, 7) is 8.89. The molecule has 0 aromatic rings. The molecular weight excluding hydrogens is 234 g/mol. The number of carbonyl (C=O) groups is 2. The number of ether oxygens (including phenoxy) is 2. The summed E-state index contributed by atoms with van der Waals surface area (Å²) in [5.41, 5.74) is -1.13. The van der Waals surface area contributed by atoms with E-state index in [1.807, 2.05) is 0 Å². The molecule has 0 fully saturated rings. The number of nitrogens with zero attached hydrogens (tertiary/aromatic N) is 1. The number of carbonyl (C=O) groups excluding carboxylic acids is 2. The quantitative estimate of drug-likeness (QED) is 0.558. The van der Waals surface area contributed by atoms with Crippen molar-refractivity contribution in [3.63, 3.8) is 0 Å². The van der Waals surface area contributed by atoms with Crippen molar-refractivity contribution in [3.8, 4) is 0 Å². The molecule has 0 aliphatic heterocycles. The lowest BCUT2D eigenvalue weighted by Crippen LogP contribution is -2.26. The van der Waals surface area contributed by atoms with Crippen molar-refractivity contribution in [1.82, 2.24) is 0 Å². The first-order valence-electron chi connectivity index (χ1n) is 5.87. The highest BCUT2D eigenvalue weighted by atomic mass is 16.6. The van der Waals surface area contributed by atoms with E-state index in [0.29, 0.717) is 6.42 Å². The Morgan fingerprint density at radius 1 is 1.17 bits per heavy atom. The van der Waals surface area contributed by atoms with Gasteiger partial charge in [0.1, 0.15) is 12.1 Å². The molecule has 5 heteroatoms. The molecular formula is C13H23NO4. The van der Waals surface area contributed by atoms with E-state index in [1.165, 1.54) is 7.11 Å². The molecule has 0 radical (unpaired) electrons. The first-order chi connectivity index (χ1) is 8.08.